The summed E-state index contributed by atoms with van der Waals surface area (Å²) in [6.07, 6.45) is 3.35. The fourth-order valence-corrected chi connectivity index (χ4v) is 1.66. The number of nitrogen functional groups attached to an aromatic ring is 1. The van der Waals surface area contributed by atoms with Crippen LogP contribution < -0.4 is 5.73 Å². The molecule has 1 amide bonds. The van der Waals surface area contributed by atoms with Crippen molar-refractivity contribution < 1.29 is 4.79 Å². The van der Waals surface area contributed by atoms with Gasteiger partial charge in [0.2, 0.25) is 0 Å². The topological polar surface area (TPSA) is 75.0 Å². The van der Waals surface area contributed by atoms with Gasteiger partial charge in [-0.3, -0.25) is 9.89 Å². The van der Waals surface area contributed by atoms with E-state index in [-0.39, 0.29) is 11.9 Å². The molecule has 1 rings (SSSR count). The normalized spacial score (nSPS) is 10.7. The molecule has 5 heteroatoms. The van der Waals surface area contributed by atoms with E-state index in [1.165, 1.54) is 6.20 Å². The Kier molecular flexibility index (Phi) is 3.71. The quantitative estimate of drug-likeness (QED) is 0.785. The minimum absolute atomic E-state index is 0.0741. The lowest BCUT2D eigenvalue weighted by atomic mass is 10.1. The largest absolute Gasteiger partial charge is 0.383 e. The standard InChI is InChI=1S/C10H18N4O/c1-4-7(5-2)14(3)10(15)8-6-12-13-9(8)11/h6-7H,4-5H2,1-3H3,(H3,11,12,13). The molecule has 5 nitrogen and oxygen atoms in total. The SMILES string of the molecule is CCC(CC)N(C)C(=O)c1cn[nH]c1N. The van der Waals surface area contributed by atoms with Crippen LogP contribution in [0.1, 0.15) is 37.0 Å². The van der Waals surface area contributed by atoms with E-state index >= 15 is 0 Å². The van der Waals surface area contributed by atoms with Crippen LogP contribution in [0.15, 0.2) is 6.20 Å². The summed E-state index contributed by atoms with van der Waals surface area (Å²) in [4.78, 5) is 13.7. The third kappa shape index (κ3) is 2.29. The van der Waals surface area contributed by atoms with Gasteiger partial charge in [0.25, 0.3) is 5.91 Å². The lowest BCUT2D eigenvalue weighted by molar-refractivity contribution is 0.0725. The second-order valence-electron chi connectivity index (χ2n) is 3.58. The van der Waals surface area contributed by atoms with Crippen molar-refractivity contribution in [2.45, 2.75) is 32.7 Å². The summed E-state index contributed by atoms with van der Waals surface area (Å²) in [5.41, 5.74) is 6.05. The fraction of sp³-hybridized carbons (Fsp3) is 0.600. The molecule has 84 valence electrons. The number of rotatable bonds is 4. The Balaban J connectivity index is 2.81. The Bertz CT molecular complexity index is 330. The van der Waals surface area contributed by atoms with Crippen molar-refractivity contribution in [2.24, 2.45) is 0 Å². The predicted octanol–water partition coefficient (Wildman–Crippen LogP) is 1.25. The lowest BCUT2D eigenvalue weighted by Gasteiger charge is -2.25. The number of aromatic nitrogens is 2. The van der Waals surface area contributed by atoms with Gasteiger partial charge in [-0.1, -0.05) is 13.8 Å². The molecule has 0 aliphatic heterocycles. The molecular weight excluding hydrogens is 192 g/mol. The number of nitrogens with one attached hydrogen (secondary N) is 1. The highest BCUT2D eigenvalue weighted by Gasteiger charge is 2.20. The molecule has 1 aromatic rings. The third-order valence-electron chi connectivity index (χ3n) is 2.71. The highest BCUT2D eigenvalue weighted by molar-refractivity contribution is 5.98. The van der Waals surface area contributed by atoms with E-state index in [0.717, 1.165) is 12.8 Å². The Labute approximate surface area is 89.6 Å². The maximum Gasteiger partial charge on any atom is 0.259 e. The maximum atomic E-state index is 12.0. The van der Waals surface area contributed by atoms with Gasteiger partial charge in [0.15, 0.2) is 0 Å². The van der Waals surface area contributed by atoms with Crippen molar-refractivity contribution in [1.29, 1.82) is 0 Å². The molecule has 0 spiro atoms. The predicted molar refractivity (Wildman–Crippen MR) is 59.5 cm³/mol. The van der Waals surface area contributed by atoms with Crippen LogP contribution >= 0.6 is 0 Å². The molecule has 0 aliphatic carbocycles. The van der Waals surface area contributed by atoms with Crippen LogP contribution in [-0.2, 0) is 0 Å². The molecule has 1 aromatic heterocycles. The number of aromatic amines is 1. The van der Waals surface area contributed by atoms with Crippen LogP contribution in [0.2, 0.25) is 0 Å². The van der Waals surface area contributed by atoms with Crippen molar-refractivity contribution in [3.63, 3.8) is 0 Å². The van der Waals surface area contributed by atoms with Gasteiger partial charge in [-0.25, -0.2) is 0 Å². The molecule has 0 radical (unpaired) electrons. The maximum absolute atomic E-state index is 12.0. The number of nitrogens with two attached hydrogens (primary N) is 1. The van der Waals surface area contributed by atoms with Crippen molar-refractivity contribution in [1.82, 2.24) is 15.1 Å². The zero-order valence-corrected chi connectivity index (χ0v) is 9.45. The molecule has 3 N–H and O–H groups in total. The molecular formula is C10H18N4O. The summed E-state index contributed by atoms with van der Waals surface area (Å²) in [6.45, 7) is 4.13. The van der Waals surface area contributed by atoms with Gasteiger partial charge in [0.05, 0.1) is 6.20 Å². The van der Waals surface area contributed by atoms with Crippen molar-refractivity contribution >= 4 is 11.7 Å². The van der Waals surface area contributed by atoms with Gasteiger partial charge in [0, 0.05) is 13.1 Å². The molecule has 0 saturated carbocycles. The highest BCUT2D eigenvalue weighted by atomic mass is 16.2. The number of hydrogen-bond donors (Lipinski definition) is 2. The second-order valence-corrected chi connectivity index (χ2v) is 3.58. The van der Waals surface area contributed by atoms with Crippen molar-refractivity contribution in [2.75, 3.05) is 12.8 Å². The molecule has 0 atom stereocenters. The third-order valence-corrected chi connectivity index (χ3v) is 2.71. The van der Waals surface area contributed by atoms with Crippen LogP contribution in [0.25, 0.3) is 0 Å². The molecule has 0 unspecified atom stereocenters. The second kappa shape index (κ2) is 4.82. The Morgan fingerprint density at radius 1 is 1.60 bits per heavy atom. The zero-order valence-electron chi connectivity index (χ0n) is 9.45. The van der Waals surface area contributed by atoms with Crippen molar-refractivity contribution in [3.8, 4) is 0 Å². The first kappa shape index (κ1) is 11.6. The summed E-state index contributed by atoms with van der Waals surface area (Å²) < 4.78 is 0. The Morgan fingerprint density at radius 3 is 2.60 bits per heavy atom. The average Bonchev–Trinajstić information content (AvgIpc) is 2.65. The minimum atomic E-state index is -0.0741. The number of anilines is 1. The molecule has 0 aromatic carbocycles. The fourth-order valence-electron chi connectivity index (χ4n) is 1.66. The summed E-state index contributed by atoms with van der Waals surface area (Å²) >= 11 is 0. The van der Waals surface area contributed by atoms with Gasteiger partial charge < -0.3 is 10.6 Å². The summed E-state index contributed by atoms with van der Waals surface area (Å²) in [7, 11) is 1.80. The summed E-state index contributed by atoms with van der Waals surface area (Å²) in [5, 5.41) is 6.30. The first-order valence-corrected chi connectivity index (χ1v) is 5.17. The first-order chi connectivity index (χ1) is 7.11. The lowest BCUT2D eigenvalue weighted by Crippen LogP contribution is -2.36. The zero-order chi connectivity index (χ0) is 11.4. The Morgan fingerprint density at radius 2 is 2.20 bits per heavy atom. The van der Waals surface area contributed by atoms with Crippen LogP contribution in [0.4, 0.5) is 5.82 Å². The smallest absolute Gasteiger partial charge is 0.259 e. The van der Waals surface area contributed by atoms with Gasteiger partial charge in [0.1, 0.15) is 11.4 Å². The van der Waals surface area contributed by atoms with Crippen LogP contribution in [0.5, 0.6) is 0 Å². The summed E-state index contributed by atoms with van der Waals surface area (Å²) in [6, 6.07) is 0.256. The van der Waals surface area contributed by atoms with Crippen molar-refractivity contribution in [3.05, 3.63) is 11.8 Å². The minimum Gasteiger partial charge on any atom is -0.383 e. The van der Waals surface area contributed by atoms with E-state index in [1.807, 2.05) is 0 Å². The van der Waals surface area contributed by atoms with Crippen LogP contribution in [-0.4, -0.2) is 34.1 Å². The van der Waals surface area contributed by atoms with Crippen LogP contribution in [0, 0.1) is 0 Å². The molecule has 1 heterocycles. The monoisotopic (exact) mass is 210 g/mol. The highest BCUT2D eigenvalue weighted by Crippen LogP contribution is 2.14. The molecule has 0 saturated heterocycles. The first-order valence-electron chi connectivity index (χ1n) is 5.17. The van der Waals surface area contributed by atoms with E-state index in [9.17, 15) is 4.79 Å². The molecule has 0 bridgehead atoms. The number of amides is 1. The van der Waals surface area contributed by atoms with Crippen LogP contribution in [0.3, 0.4) is 0 Å². The summed E-state index contributed by atoms with van der Waals surface area (Å²) in [5.74, 6) is 0.257. The average molecular weight is 210 g/mol. The number of hydrogen-bond acceptors (Lipinski definition) is 3. The molecule has 0 fully saturated rings. The molecule has 0 aliphatic rings. The van der Waals surface area contributed by atoms with E-state index in [4.69, 9.17) is 5.73 Å². The number of carbonyl (C=O) groups excluding carboxylic acids is 1. The number of nitrogens with zero attached hydrogens (tertiary/aromatic N) is 2. The van der Waals surface area contributed by atoms with Gasteiger partial charge >= 0.3 is 0 Å². The van der Waals surface area contributed by atoms with Gasteiger partial charge in [-0.05, 0) is 12.8 Å². The number of carbonyl (C=O) groups is 1. The van der Waals surface area contributed by atoms with E-state index < -0.39 is 0 Å². The van der Waals surface area contributed by atoms with Gasteiger partial charge in [-0.15, -0.1) is 0 Å². The Hall–Kier alpha value is -1.52. The van der Waals surface area contributed by atoms with E-state index in [0.29, 0.717) is 11.4 Å². The number of H-pyrrole nitrogens is 1. The van der Waals surface area contributed by atoms with E-state index in [2.05, 4.69) is 24.0 Å². The van der Waals surface area contributed by atoms with E-state index in [1.54, 1.807) is 11.9 Å². The van der Waals surface area contributed by atoms with Gasteiger partial charge in [-0.2, -0.15) is 5.10 Å². The molecule has 15 heavy (non-hydrogen) atoms.